The maximum absolute atomic E-state index is 12.8. The van der Waals surface area contributed by atoms with E-state index in [1.807, 2.05) is 30.3 Å². The molecule has 2 aromatic rings. The number of non-ortho nitro benzene ring substituents is 1. The number of carbonyl (C=O) groups is 1. The molecule has 3 N–H and O–H groups in total. The van der Waals surface area contributed by atoms with Gasteiger partial charge in [0.1, 0.15) is 5.92 Å². The van der Waals surface area contributed by atoms with Crippen molar-refractivity contribution < 1.29 is 9.72 Å². The molecule has 0 bridgehead atoms. The van der Waals surface area contributed by atoms with E-state index in [1.165, 1.54) is 12.1 Å². The lowest BCUT2D eigenvalue weighted by atomic mass is 9.88. The number of hydrogen-bond acceptors (Lipinski definition) is 4. The Kier molecular flexibility index (Phi) is 5.46. The Balaban J connectivity index is 1.80. The number of nitro benzene ring substituents is 1. The van der Waals surface area contributed by atoms with Crippen molar-refractivity contribution in [3.05, 3.63) is 88.1 Å². The number of hydrogen-bond donors (Lipinski definition) is 3. The number of rotatable bonds is 5. The molecule has 138 valence electrons. The van der Waals surface area contributed by atoms with E-state index in [9.17, 15) is 14.9 Å². The zero-order valence-electron chi connectivity index (χ0n) is 14.3. The first-order valence-electron chi connectivity index (χ1n) is 8.28. The van der Waals surface area contributed by atoms with Crippen molar-refractivity contribution in [1.29, 1.82) is 0 Å². The molecule has 0 unspecified atom stereocenters. The molecule has 0 saturated carbocycles. The lowest BCUT2D eigenvalue weighted by Crippen LogP contribution is -2.52. The largest absolute Gasteiger partial charge is 0.354 e. The van der Waals surface area contributed by atoms with Crippen molar-refractivity contribution >= 4 is 28.9 Å². The molecule has 1 heterocycles. The van der Waals surface area contributed by atoms with Gasteiger partial charge in [0.05, 0.1) is 11.0 Å². The number of amides is 1. The minimum Gasteiger partial charge on any atom is -0.354 e. The van der Waals surface area contributed by atoms with Crippen LogP contribution in [0, 0.1) is 16.0 Å². The summed E-state index contributed by atoms with van der Waals surface area (Å²) >= 11 is 5.18. The van der Waals surface area contributed by atoms with Crippen molar-refractivity contribution in [3.63, 3.8) is 0 Å². The van der Waals surface area contributed by atoms with Gasteiger partial charge in [-0.15, -0.1) is 0 Å². The molecule has 1 amide bonds. The fourth-order valence-corrected chi connectivity index (χ4v) is 3.23. The van der Waals surface area contributed by atoms with Crippen LogP contribution < -0.4 is 16.0 Å². The molecule has 0 radical (unpaired) electrons. The van der Waals surface area contributed by atoms with Crippen LogP contribution >= 0.6 is 12.2 Å². The minimum atomic E-state index is -0.623. The van der Waals surface area contributed by atoms with E-state index in [0.717, 1.165) is 5.56 Å². The quantitative estimate of drug-likeness (QED) is 0.418. The van der Waals surface area contributed by atoms with Crippen molar-refractivity contribution in [2.45, 2.75) is 12.6 Å². The van der Waals surface area contributed by atoms with E-state index >= 15 is 0 Å². The van der Waals surface area contributed by atoms with Gasteiger partial charge in [-0.3, -0.25) is 14.9 Å². The molecule has 2 aromatic carbocycles. The SMILES string of the molecule is C=C1NC(=S)N[C@H](c2ccc([N+](=O)[O-])cc2)[C@H]1C(=O)NCc1ccccc1. The van der Waals surface area contributed by atoms with Gasteiger partial charge >= 0.3 is 0 Å². The van der Waals surface area contributed by atoms with Crippen molar-refractivity contribution in [1.82, 2.24) is 16.0 Å². The molecule has 8 heteroatoms. The molecular weight excluding hydrogens is 364 g/mol. The Morgan fingerprint density at radius 3 is 2.48 bits per heavy atom. The highest BCUT2D eigenvalue weighted by Crippen LogP contribution is 2.30. The Bertz CT molecular complexity index is 884. The molecule has 1 saturated heterocycles. The third kappa shape index (κ3) is 4.29. The van der Waals surface area contributed by atoms with Crippen LogP contribution in [0.3, 0.4) is 0 Å². The number of carbonyl (C=O) groups excluding carboxylic acids is 1. The van der Waals surface area contributed by atoms with E-state index in [2.05, 4.69) is 22.5 Å². The van der Waals surface area contributed by atoms with Crippen LogP contribution in [-0.2, 0) is 11.3 Å². The Morgan fingerprint density at radius 1 is 1.19 bits per heavy atom. The summed E-state index contributed by atoms with van der Waals surface area (Å²) in [4.78, 5) is 23.2. The van der Waals surface area contributed by atoms with Gasteiger partial charge in [0.15, 0.2) is 5.11 Å². The molecule has 0 aliphatic carbocycles. The molecule has 3 rings (SSSR count). The fraction of sp³-hybridized carbons (Fsp3) is 0.158. The highest BCUT2D eigenvalue weighted by molar-refractivity contribution is 7.80. The Hall–Kier alpha value is -3.26. The van der Waals surface area contributed by atoms with Crippen molar-refractivity contribution in [2.75, 3.05) is 0 Å². The normalized spacial score (nSPS) is 19.0. The van der Waals surface area contributed by atoms with Gasteiger partial charge in [-0.1, -0.05) is 49.0 Å². The highest BCUT2D eigenvalue weighted by Gasteiger charge is 2.36. The smallest absolute Gasteiger partial charge is 0.269 e. The van der Waals surface area contributed by atoms with Crippen LogP contribution in [0.4, 0.5) is 5.69 Å². The monoisotopic (exact) mass is 382 g/mol. The molecular formula is C19H18N4O3S. The Labute approximate surface area is 161 Å². The third-order valence-electron chi connectivity index (χ3n) is 4.32. The third-order valence-corrected chi connectivity index (χ3v) is 4.54. The van der Waals surface area contributed by atoms with Gasteiger partial charge in [0.25, 0.3) is 5.69 Å². The lowest BCUT2D eigenvalue weighted by molar-refractivity contribution is -0.384. The number of nitrogens with zero attached hydrogens (tertiary/aromatic N) is 1. The first-order valence-corrected chi connectivity index (χ1v) is 8.69. The maximum atomic E-state index is 12.8. The minimum absolute atomic E-state index is 0.0147. The first-order chi connectivity index (χ1) is 13.0. The summed E-state index contributed by atoms with van der Waals surface area (Å²) in [5, 5.41) is 20.1. The zero-order chi connectivity index (χ0) is 19.4. The van der Waals surface area contributed by atoms with Crippen LogP contribution in [0.5, 0.6) is 0 Å². The number of benzene rings is 2. The summed E-state index contributed by atoms with van der Waals surface area (Å²) in [7, 11) is 0. The molecule has 1 fully saturated rings. The maximum Gasteiger partial charge on any atom is 0.269 e. The molecule has 0 spiro atoms. The highest BCUT2D eigenvalue weighted by atomic mass is 32.1. The van der Waals surface area contributed by atoms with Gasteiger partial charge in [0.2, 0.25) is 5.91 Å². The molecule has 0 aromatic heterocycles. The van der Waals surface area contributed by atoms with Crippen molar-refractivity contribution in [3.8, 4) is 0 Å². The summed E-state index contributed by atoms with van der Waals surface area (Å²) < 4.78 is 0. The fourth-order valence-electron chi connectivity index (χ4n) is 2.97. The summed E-state index contributed by atoms with van der Waals surface area (Å²) in [5.41, 5.74) is 2.16. The second kappa shape index (κ2) is 7.96. The second-order valence-electron chi connectivity index (χ2n) is 6.13. The Morgan fingerprint density at radius 2 is 1.85 bits per heavy atom. The van der Waals surface area contributed by atoms with E-state index in [-0.39, 0.29) is 11.6 Å². The van der Waals surface area contributed by atoms with Gasteiger partial charge in [-0.2, -0.15) is 0 Å². The molecule has 1 aliphatic heterocycles. The predicted molar refractivity (Wildman–Crippen MR) is 106 cm³/mol. The van der Waals surface area contributed by atoms with E-state index in [4.69, 9.17) is 12.2 Å². The average Bonchev–Trinajstić information content (AvgIpc) is 2.66. The predicted octanol–water partition coefficient (Wildman–Crippen LogP) is 2.56. The van der Waals surface area contributed by atoms with Gasteiger partial charge in [-0.05, 0) is 23.3 Å². The first kappa shape index (κ1) is 18.5. The second-order valence-corrected chi connectivity index (χ2v) is 6.54. The summed E-state index contributed by atoms with van der Waals surface area (Å²) in [6, 6.07) is 15.2. The molecule has 2 atom stereocenters. The van der Waals surface area contributed by atoms with Gasteiger partial charge in [-0.25, -0.2) is 0 Å². The molecule has 27 heavy (non-hydrogen) atoms. The molecule has 1 aliphatic rings. The topological polar surface area (TPSA) is 96.3 Å². The van der Waals surface area contributed by atoms with Gasteiger partial charge in [0, 0.05) is 24.4 Å². The van der Waals surface area contributed by atoms with E-state index in [1.54, 1.807) is 12.1 Å². The van der Waals surface area contributed by atoms with Crippen LogP contribution in [0.15, 0.2) is 66.9 Å². The van der Waals surface area contributed by atoms with E-state index in [0.29, 0.717) is 22.9 Å². The summed E-state index contributed by atoms with van der Waals surface area (Å²) in [6.07, 6.45) is 0. The molecule has 7 nitrogen and oxygen atoms in total. The summed E-state index contributed by atoms with van der Waals surface area (Å²) in [6.45, 7) is 4.33. The van der Waals surface area contributed by atoms with Crippen molar-refractivity contribution in [2.24, 2.45) is 5.92 Å². The van der Waals surface area contributed by atoms with Crippen LogP contribution in [0.25, 0.3) is 0 Å². The number of nitro groups is 1. The van der Waals surface area contributed by atoms with E-state index < -0.39 is 16.9 Å². The summed E-state index contributed by atoms with van der Waals surface area (Å²) in [5.74, 6) is -0.837. The lowest BCUT2D eigenvalue weighted by Gasteiger charge is -2.35. The van der Waals surface area contributed by atoms with Crippen LogP contribution in [-0.4, -0.2) is 15.9 Å². The van der Waals surface area contributed by atoms with Crippen LogP contribution in [0.2, 0.25) is 0 Å². The van der Waals surface area contributed by atoms with Crippen LogP contribution in [0.1, 0.15) is 17.2 Å². The number of thiocarbonyl (C=S) groups is 1. The standard InChI is InChI=1S/C19H18N4O3S/c1-12-16(18(24)20-11-13-5-3-2-4-6-13)17(22-19(27)21-12)14-7-9-15(10-8-14)23(25)26/h2-10,16-17H,1,11H2,(H,20,24)(H2,21,22,27)/t16-,17+/m0/s1. The average molecular weight is 382 g/mol. The van der Waals surface area contributed by atoms with Gasteiger partial charge < -0.3 is 16.0 Å². The zero-order valence-corrected chi connectivity index (χ0v) is 15.2. The number of nitrogens with one attached hydrogen (secondary N) is 3.